The lowest BCUT2D eigenvalue weighted by Gasteiger charge is -2.12. The molecule has 2 aromatic carbocycles. The third-order valence-corrected chi connectivity index (χ3v) is 3.75. The van der Waals surface area contributed by atoms with Gasteiger partial charge in [0.2, 0.25) is 0 Å². The minimum Gasteiger partial charge on any atom is -0.424 e. The molecule has 0 bridgehead atoms. The van der Waals surface area contributed by atoms with Gasteiger partial charge in [0, 0.05) is 5.56 Å². The molecule has 0 aliphatic rings. The van der Waals surface area contributed by atoms with E-state index in [4.69, 9.17) is 4.74 Å². The van der Waals surface area contributed by atoms with Gasteiger partial charge in [-0.3, -0.25) is 4.79 Å². The van der Waals surface area contributed by atoms with E-state index in [1.54, 1.807) is 12.1 Å². The van der Waals surface area contributed by atoms with Gasteiger partial charge in [-0.2, -0.15) is 9.97 Å². The van der Waals surface area contributed by atoms with Crippen LogP contribution in [0.25, 0.3) is 0 Å². The number of para-hydroxylation sites is 1. The molecule has 5 heteroatoms. The molecule has 1 aromatic heterocycles. The maximum atomic E-state index is 12.4. The van der Waals surface area contributed by atoms with Crippen LogP contribution in [0, 0.1) is 20.8 Å². The number of hydrogen-bond donors (Lipinski definition) is 1. The number of hydrogen-bond acceptors (Lipinski definition) is 4. The Morgan fingerprint density at radius 1 is 0.880 bits per heavy atom. The summed E-state index contributed by atoms with van der Waals surface area (Å²) >= 11 is 0. The predicted octanol–water partition coefficient (Wildman–Crippen LogP) is 4.45. The van der Waals surface area contributed by atoms with E-state index < -0.39 is 0 Å². The molecule has 1 amide bonds. The van der Waals surface area contributed by atoms with Crippen molar-refractivity contribution in [3.63, 3.8) is 0 Å². The fraction of sp³-hybridized carbons (Fsp3) is 0.150. The Morgan fingerprint density at radius 3 is 2.08 bits per heavy atom. The summed E-state index contributed by atoms with van der Waals surface area (Å²) in [4.78, 5) is 21.1. The number of nitrogens with one attached hydrogen (secondary N) is 1. The first-order valence-corrected chi connectivity index (χ1v) is 7.99. The number of anilines is 1. The van der Waals surface area contributed by atoms with Gasteiger partial charge in [0.1, 0.15) is 5.75 Å². The zero-order valence-electron chi connectivity index (χ0n) is 14.4. The summed E-state index contributed by atoms with van der Waals surface area (Å²) in [6, 6.07) is 17.0. The lowest BCUT2D eigenvalue weighted by atomic mass is 10.1. The normalized spacial score (nSPS) is 10.4. The lowest BCUT2D eigenvalue weighted by Crippen LogP contribution is -2.15. The van der Waals surface area contributed by atoms with Gasteiger partial charge in [0.15, 0.2) is 0 Å². The third kappa shape index (κ3) is 4.01. The van der Waals surface area contributed by atoms with E-state index in [-0.39, 0.29) is 11.9 Å². The van der Waals surface area contributed by atoms with Gasteiger partial charge < -0.3 is 10.1 Å². The second-order valence-electron chi connectivity index (χ2n) is 5.79. The number of carbonyl (C=O) groups is 1. The summed E-state index contributed by atoms with van der Waals surface area (Å²) in [6.07, 6.45) is 0. The van der Waals surface area contributed by atoms with E-state index in [1.807, 2.05) is 63.2 Å². The Labute approximate surface area is 146 Å². The zero-order valence-corrected chi connectivity index (χ0v) is 14.4. The number of benzene rings is 2. The SMILES string of the molecule is Cc1ccc(C(=O)Nc2c(C)nc(Oc3ccccc3)nc2C)cc1. The molecular formula is C20H19N3O2. The maximum Gasteiger partial charge on any atom is 0.322 e. The Kier molecular flexibility index (Phi) is 4.75. The molecule has 3 aromatic rings. The van der Waals surface area contributed by atoms with Crippen molar-refractivity contribution in [1.82, 2.24) is 9.97 Å². The molecule has 1 heterocycles. The molecule has 0 saturated heterocycles. The molecular weight excluding hydrogens is 314 g/mol. The van der Waals surface area contributed by atoms with Crippen molar-refractivity contribution < 1.29 is 9.53 Å². The summed E-state index contributed by atoms with van der Waals surface area (Å²) in [7, 11) is 0. The van der Waals surface area contributed by atoms with Gasteiger partial charge >= 0.3 is 6.01 Å². The molecule has 25 heavy (non-hydrogen) atoms. The van der Waals surface area contributed by atoms with Gasteiger partial charge in [-0.15, -0.1) is 0 Å². The largest absolute Gasteiger partial charge is 0.424 e. The summed E-state index contributed by atoms with van der Waals surface area (Å²) < 4.78 is 5.66. The van der Waals surface area contributed by atoms with Crippen LogP contribution < -0.4 is 10.1 Å². The number of aryl methyl sites for hydroxylation is 3. The third-order valence-electron chi connectivity index (χ3n) is 3.75. The number of carbonyl (C=O) groups excluding carboxylic acids is 1. The molecule has 3 rings (SSSR count). The van der Waals surface area contributed by atoms with Gasteiger partial charge in [-0.25, -0.2) is 0 Å². The van der Waals surface area contributed by atoms with Crippen LogP contribution in [0.2, 0.25) is 0 Å². The van der Waals surface area contributed by atoms with Crippen LogP contribution in [0.15, 0.2) is 54.6 Å². The number of aromatic nitrogens is 2. The number of nitrogens with zero attached hydrogens (tertiary/aromatic N) is 2. The average molecular weight is 333 g/mol. The fourth-order valence-electron chi connectivity index (χ4n) is 2.40. The molecule has 0 radical (unpaired) electrons. The topological polar surface area (TPSA) is 64.1 Å². The minimum atomic E-state index is -0.188. The number of amides is 1. The molecule has 5 nitrogen and oxygen atoms in total. The molecule has 0 atom stereocenters. The fourth-order valence-corrected chi connectivity index (χ4v) is 2.40. The summed E-state index contributed by atoms with van der Waals surface area (Å²) in [5.74, 6) is 0.476. The van der Waals surface area contributed by atoms with Crippen molar-refractivity contribution in [1.29, 1.82) is 0 Å². The van der Waals surface area contributed by atoms with E-state index >= 15 is 0 Å². The van der Waals surface area contributed by atoms with Crippen LogP contribution in [0.1, 0.15) is 27.3 Å². The highest BCUT2D eigenvalue weighted by Crippen LogP contribution is 2.23. The highest BCUT2D eigenvalue weighted by Gasteiger charge is 2.14. The molecule has 0 unspecified atom stereocenters. The predicted molar refractivity (Wildman–Crippen MR) is 97.2 cm³/mol. The monoisotopic (exact) mass is 333 g/mol. The molecule has 0 spiro atoms. The molecule has 0 aliphatic carbocycles. The molecule has 126 valence electrons. The highest BCUT2D eigenvalue weighted by molar-refractivity contribution is 6.04. The van der Waals surface area contributed by atoms with Crippen LogP contribution in [0.4, 0.5) is 5.69 Å². The Morgan fingerprint density at radius 2 is 1.48 bits per heavy atom. The van der Waals surface area contributed by atoms with E-state index in [0.717, 1.165) is 5.56 Å². The Hall–Kier alpha value is -3.21. The van der Waals surface area contributed by atoms with Crippen LogP contribution in [-0.2, 0) is 0 Å². The first-order chi connectivity index (χ1) is 12.0. The van der Waals surface area contributed by atoms with Crippen molar-refractivity contribution in [2.75, 3.05) is 5.32 Å². The highest BCUT2D eigenvalue weighted by atomic mass is 16.5. The van der Waals surface area contributed by atoms with Crippen molar-refractivity contribution in [2.45, 2.75) is 20.8 Å². The first-order valence-electron chi connectivity index (χ1n) is 7.99. The van der Waals surface area contributed by atoms with Crippen LogP contribution in [-0.4, -0.2) is 15.9 Å². The van der Waals surface area contributed by atoms with Crippen molar-refractivity contribution >= 4 is 11.6 Å². The van der Waals surface area contributed by atoms with Crippen molar-refractivity contribution in [3.05, 3.63) is 77.1 Å². The van der Waals surface area contributed by atoms with Gasteiger partial charge in [0.05, 0.1) is 17.1 Å². The second kappa shape index (κ2) is 7.13. The zero-order chi connectivity index (χ0) is 17.8. The Bertz CT molecular complexity index is 868. The summed E-state index contributed by atoms with van der Waals surface area (Å²) in [5.41, 5.74) is 3.60. The minimum absolute atomic E-state index is 0.188. The van der Waals surface area contributed by atoms with Crippen LogP contribution in [0.5, 0.6) is 11.8 Å². The second-order valence-corrected chi connectivity index (χ2v) is 5.79. The number of ether oxygens (including phenoxy) is 1. The van der Waals surface area contributed by atoms with E-state index in [2.05, 4.69) is 15.3 Å². The number of rotatable bonds is 4. The van der Waals surface area contributed by atoms with E-state index in [1.165, 1.54) is 0 Å². The summed E-state index contributed by atoms with van der Waals surface area (Å²) in [5, 5.41) is 2.89. The maximum absolute atomic E-state index is 12.4. The van der Waals surface area contributed by atoms with Crippen molar-refractivity contribution in [3.8, 4) is 11.8 Å². The van der Waals surface area contributed by atoms with E-state index in [0.29, 0.717) is 28.4 Å². The van der Waals surface area contributed by atoms with Crippen LogP contribution in [0.3, 0.4) is 0 Å². The molecule has 0 saturated carbocycles. The average Bonchev–Trinajstić information content (AvgIpc) is 2.59. The molecule has 1 N–H and O–H groups in total. The van der Waals surface area contributed by atoms with Gasteiger partial charge in [0.25, 0.3) is 5.91 Å². The van der Waals surface area contributed by atoms with Crippen molar-refractivity contribution in [2.24, 2.45) is 0 Å². The van der Waals surface area contributed by atoms with Crippen LogP contribution >= 0.6 is 0 Å². The Balaban J connectivity index is 1.80. The van der Waals surface area contributed by atoms with Gasteiger partial charge in [-0.1, -0.05) is 35.9 Å². The van der Waals surface area contributed by atoms with Gasteiger partial charge in [-0.05, 0) is 45.0 Å². The smallest absolute Gasteiger partial charge is 0.322 e. The quantitative estimate of drug-likeness (QED) is 0.766. The standard InChI is InChI=1S/C20H19N3O2/c1-13-9-11-16(12-10-13)19(24)23-18-14(2)21-20(22-15(18)3)25-17-7-5-4-6-8-17/h4-12H,1-3H3,(H,23,24). The first kappa shape index (κ1) is 16.6. The summed E-state index contributed by atoms with van der Waals surface area (Å²) in [6.45, 7) is 5.61. The molecule has 0 fully saturated rings. The molecule has 0 aliphatic heterocycles. The van der Waals surface area contributed by atoms with E-state index in [9.17, 15) is 4.79 Å². The lowest BCUT2D eigenvalue weighted by molar-refractivity contribution is 0.102.